The van der Waals surface area contributed by atoms with Crippen LogP contribution < -0.4 is 5.32 Å². The molecule has 0 saturated carbocycles. The minimum atomic E-state index is 0.663. The number of nitrogens with one attached hydrogen (secondary N) is 1. The third-order valence-corrected chi connectivity index (χ3v) is 3.54. The second-order valence-electron chi connectivity index (χ2n) is 5.09. The molecule has 1 N–H and O–H groups in total. The van der Waals surface area contributed by atoms with Gasteiger partial charge in [-0.25, -0.2) is 0 Å². The average Bonchev–Trinajstić information content (AvgIpc) is 2.23. The maximum absolute atomic E-state index is 3.71. The molecule has 0 aliphatic heterocycles. The van der Waals surface area contributed by atoms with Crippen LogP contribution in [0.3, 0.4) is 0 Å². The van der Waals surface area contributed by atoms with Crippen molar-refractivity contribution in [3.05, 3.63) is 0 Å². The molecule has 0 saturated heterocycles. The SMILES string of the molecule is CCCCCCC(C)NC(C)C(C)CC. The van der Waals surface area contributed by atoms with Crippen LogP contribution in [0.1, 0.15) is 73.1 Å². The van der Waals surface area contributed by atoms with Crippen LogP contribution in [0.4, 0.5) is 0 Å². The molecular weight excluding hydrogens is 182 g/mol. The van der Waals surface area contributed by atoms with Gasteiger partial charge in [0.25, 0.3) is 0 Å². The highest BCUT2D eigenvalue weighted by Crippen LogP contribution is 2.10. The zero-order chi connectivity index (χ0) is 11.7. The predicted molar refractivity (Wildman–Crippen MR) is 70.3 cm³/mol. The first kappa shape index (κ1) is 15.0. The summed E-state index contributed by atoms with van der Waals surface area (Å²) in [4.78, 5) is 0. The Morgan fingerprint density at radius 1 is 0.933 bits per heavy atom. The van der Waals surface area contributed by atoms with Crippen LogP contribution in [0.2, 0.25) is 0 Å². The first-order chi connectivity index (χ1) is 7.11. The van der Waals surface area contributed by atoms with Gasteiger partial charge in [-0.05, 0) is 26.2 Å². The van der Waals surface area contributed by atoms with E-state index in [-0.39, 0.29) is 0 Å². The molecule has 0 aromatic rings. The van der Waals surface area contributed by atoms with Gasteiger partial charge in [-0.15, -0.1) is 0 Å². The van der Waals surface area contributed by atoms with Crippen LogP contribution in [0.15, 0.2) is 0 Å². The minimum absolute atomic E-state index is 0.663. The van der Waals surface area contributed by atoms with Crippen molar-refractivity contribution >= 4 is 0 Å². The van der Waals surface area contributed by atoms with Gasteiger partial charge in [0.05, 0.1) is 0 Å². The van der Waals surface area contributed by atoms with Gasteiger partial charge in [-0.3, -0.25) is 0 Å². The molecule has 0 aliphatic rings. The second kappa shape index (κ2) is 9.21. The summed E-state index contributed by atoms with van der Waals surface area (Å²) in [6, 6.07) is 1.35. The second-order valence-corrected chi connectivity index (χ2v) is 5.09. The maximum atomic E-state index is 3.71. The lowest BCUT2D eigenvalue weighted by atomic mass is 9.99. The van der Waals surface area contributed by atoms with Crippen molar-refractivity contribution in [2.24, 2.45) is 5.92 Å². The van der Waals surface area contributed by atoms with Crippen LogP contribution in [-0.4, -0.2) is 12.1 Å². The summed E-state index contributed by atoms with van der Waals surface area (Å²) >= 11 is 0. The van der Waals surface area contributed by atoms with Crippen molar-refractivity contribution in [1.82, 2.24) is 5.32 Å². The first-order valence-corrected chi connectivity index (χ1v) is 6.87. The zero-order valence-corrected chi connectivity index (χ0v) is 11.5. The van der Waals surface area contributed by atoms with E-state index in [1.165, 1.54) is 38.5 Å². The summed E-state index contributed by atoms with van der Waals surface area (Å²) in [5, 5.41) is 3.71. The highest BCUT2D eigenvalue weighted by Gasteiger charge is 2.12. The molecular formula is C14H31N. The molecule has 0 heterocycles. The van der Waals surface area contributed by atoms with Gasteiger partial charge in [0.2, 0.25) is 0 Å². The Morgan fingerprint density at radius 3 is 2.13 bits per heavy atom. The van der Waals surface area contributed by atoms with Crippen LogP contribution in [0.5, 0.6) is 0 Å². The lowest BCUT2D eigenvalue weighted by Gasteiger charge is -2.24. The Morgan fingerprint density at radius 2 is 1.60 bits per heavy atom. The molecule has 0 aliphatic carbocycles. The zero-order valence-electron chi connectivity index (χ0n) is 11.5. The summed E-state index contributed by atoms with van der Waals surface area (Å²) < 4.78 is 0. The van der Waals surface area contributed by atoms with Crippen LogP contribution in [-0.2, 0) is 0 Å². The summed E-state index contributed by atoms with van der Waals surface area (Å²) in [7, 11) is 0. The fraction of sp³-hybridized carbons (Fsp3) is 1.00. The van der Waals surface area contributed by atoms with E-state index < -0.39 is 0 Å². The van der Waals surface area contributed by atoms with Gasteiger partial charge in [0, 0.05) is 12.1 Å². The van der Waals surface area contributed by atoms with Crippen LogP contribution in [0, 0.1) is 5.92 Å². The molecule has 3 unspecified atom stereocenters. The van der Waals surface area contributed by atoms with E-state index in [1.807, 2.05) is 0 Å². The Kier molecular flexibility index (Phi) is 9.18. The molecule has 0 fully saturated rings. The fourth-order valence-electron chi connectivity index (χ4n) is 1.93. The largest absolute Gasteiger partial charge is 0.312 e. The molecule has 0 aromatic carbocycles. The maximum Gasteiger partial charge on any atom is 0.00667 e. The van der Waals surface area contributed by atoms with Crippen molar-refractivity contribution in [2.75, 3.05) is 0 Å². The Hall–Kier alpha value is -0.0400. The molecule has 0 aromatic heterocycles. The lowest BCUT2D eigenvalue weighted by Crippen LogP contribution is -2.38. The molecule has 1 nitrogen and oxygen atoms in total. The molecule has 0 spiro atoms. The number of unbranched alkanes of at least 4 members (excludes halogenated alkanes) is 3. The van der Waals surface area contributed by atoms with E-state index >= 15 is 0 Å². The molecule has 0 bridgehead atoms. The van der Waals surface area contributed by atoms with Crippen molar-refractivity contribution in [2.45, 2.75) is 85.2 Å². The molecule has 1 heteroatoms. The predicted octanol–water partition coefficient (Wildman–Crippen LogP) is 4.37. The monoisotopic (exact) mass is 213 g/mol. The van der Waals surface area contributed by atoms with Crippen molar-refractivity contribution in [3.8, 4) is 0 Å². The average molecular weight is 213 g/mol. The summed E-state index contributed by atoms with van der Waals surface area (Å²) in [6.07, 6.45) is 8.13. The third-order valence-electron chi connectivity index (χ3n) is 3.54. The normalized spacial score (nSPS) is 17.4. The number of hydrogen-bond acceptors (Lipinski definition) is 1. The van der Waals surface area contributed by atoms with Gasteiger partial charge in [0.15, 0.2) is 0 Å². The van der Waals surface area contributed by atoms with Crippen molar-refractivity contribution < 1.29 is 0 Å². The highest BCUT2D eigenvalue weighted by molar-refractivity contribution is 4.71. The van der Waals surface area contributed by atoms with E-state index in [1.54, 1.807) is 0 Å². The quantitative estimate of drug-likeness (QED) is 0.561. The van der Waals surface area contributed by atoms with Crippen molar-refractivity contribution in [3.63, 3.8) is 0 Å². The Balaban J connectivity index is 3.50. The first-order valence-electron chi connectivity index (χ1n) is 6.87. The molecule has 0 radical (unpaired) electrons. The number of hydrogen-bond donors (Lipinski definition) is 1. The van der Waals surface area contributed by atoms with E-state index in [2.05, 4.69) is 39.9 Å². The summed E-state index contributed by atoms with van der Waals surface area (Å²) in [5.74, 6) is 0.795. The van der Waals surface area contributed by atoms with E-state index in [4.69, 9.17) is 0 Å². The van der Waals surface area contributed by atoms with E-state index in [0.29, 0.717) is 12.1 Å². The van der Waals surface area contributed by atoms with Crippen LogP contribution >= 0.6 is 0 Å². The smallest absolute Gasteiger partial charge is 0.00667 e. The molecule has 0 amide bonds. The molecule has 3 atom stereocenters. The van der Waals surface area contributed by atoms with Crippen LogP contribution in [0.25, 0.3) is 0 Å². The Labute approximate surface area is 97.0 Å². The number of rotatable bonds is 9. The van der Waals surface area contributed by atoms with E-state index in [9.17, 15) is 0 Å². The highest BCUT2D eigenvalue weighted by atomic mass is 14.9. The minimum Gasteiger partial charge on any atom is -0.312 e. The molecule has 15 heavy (non-hydrogen) atoms. The van der Waals surface area contributed by atoms with Gasteiger partial charge in [-0.1, -0.05) is 52.9 Å². The standard InChI is InChI=1S/C14H31N/c1-6-8-9-10-11-13(4)15-14(5)12(3)7-2/h12-15H,6-11H2,1-5H3. The molecule has 0 rings (SSSR count). The lowest BCUT2D eigenvalue weighted by molar-refractivity contribution is 0.343. The van der Waals surface area contributed by atoms with Gasteiger partial charge >= 0.3 is 0 Å². The summed E-state index contributed by atoms with van der Waals surface area (Å²) in [5.41, 5.74) is 0. The third kappa shape index (κ3) is 7.84. The van der Waals surface area contributed by atoms with Gasteiger partial charge in [-0.2, -0.15) is 0 Å². The van der Waals surface area contributed by atoms with Gasteiger partial charge < -0.3 is 5.32 Å². The topological polar surface area (TPSA) is 12.0 Å². The van der Waals surface area contributed by atoms with Gasteiger partial charge in [0.1, 0.15) is 0 Å². The van der Waals surface area contributed by atoms with Crippen molar-refractivity contribution in [1.29, 1.82) is 0 Å². The molecule has 92 valence electrons. The fourth-order valence-corrected chi connectivity index (χ4v) is 1.93. The Bertz CT molecular complexity index is 133. The van der Waals surface area contributed by atoms with E-state index in [0.717, 1.165) is 5.92 Å². The summed E-state index contributed by atoms with van der Waals surface area (Å²) in [6.45, 7) is 11.5.